The predicted octanol–water partition coefficient (Wildman–Crippen LogP) is 2.82. The van der Waals surface area contributed by atoms with Crippen LogP contribution in [0.1, 0.15) is 33.1 Å². The van der Waals surface area contributed by atoms with Gasteiger partial charge in [0.05, 0.1) is 0 Å². The molecule has 1 rings (SSSR count). The minimum Gasteiger partial charge on any atom is -0.450 e. The quantitative estimate of drug-likeness (QED) is 0.530. The SMILES string of the molecule is CC(C)C1=CCC(OC(=O)O)CC1. The van der Waals surface area contributed by atoms with Crippen LogP contribution in [0, 0.1) is 5.92 Å². The van der Waals surface area contributed by atoms with E-state index in [9.17, 15) is 4.79 Å². The van der Waals surface area contributed by atoms with Crippen molar-refractivity contribution in [3.8, 4) is 0 Å². The number of carbonyl (C=O) groups is 1. The average Bonchev–Trinajstić information content (AvgIpc) is 2.04. The average molecular weight is 184 g/mol. The lowest BCUT2D eigenvalue weighted by Crippen LogP contribution is -2.19. The second kappa shape index (κ2) is 4.30. The molecule has 1 aliphatic rings. The van der Waals surface area contributed by atoms with Crippen molar-refractivity contribution in [3.05, 3.63) is 11.6 Å². The molecule has 0 saturated heterocycles. The molecule has 0 aromatic carbocycles. The Morgan fingerprint density at radius 2 is 2.38 bits per heavy atom. The van der Waals surface area contributed by atoms with E-state index < -0.39 is 6.16 Å². The Bertz CT molecular complexity index is 218. The number of carboxylic acid groups (broad SMARTS) is 1. The molecule has 0 saturated carbocycles. The molecule has 0 amide bonds. The van der Waals surface area contributed by atoms with Crippen molar-refractivity contribution in [2.24, 2.45) is 5.92 Å². The maximum absolute atomic E-state index is 10.2. The van der Waals surface area contributed by atoms with Gasteiger partial charge in [0.1, 0.15) is 6.10 Å². The molecule has 0 aliphatic heterocycles. The Morgan fingerprint density at radius 1 is 1.69 bits per heavy atom. The van der Waals surface area contributed by atoms with E-state index in [2.05, 4.69) is 19.9 Å². The van der Waals surface area contributed by atoms with Crippen LogP contribution < -0.4 is 0 Å². The molecule has 0 radical (unpaired) electrons. The summed E-state index contributed by atoms with van der Waals surface area (Å²) in [5.74, 6) is 0.575. The summed E-state index contributed by atoms with van der Waals surface area (Å²) in [5, 5.41) is 8.40. The summed E-state index contributed by atoms with van der Waals surface area (Å²) in [6.07, 6.45) is 3.36. The summed E-state index contributed by atoms with van der Waals surface area (Å²) in [6, 6.07) is 0. The van der Waals surface area contributed by atoms with Gasteiger partial charge in [-0.25, -0.2) is 4.79 Å². The lowest BCUT2D eigenvalue weighted by molar-refractivity contribution is 0.0472. The van der Waals surface area contributed by atoms with Crippen LogP contribution in [-0.2, 0) is 4.74 Å². The third-order valence-electron chi connectivity index (χ3n) is 2.41. The molecule has 74 valence electrons. The van der Waals surface area contributed by atoms with E-state index >= 15 is 0 Å². The maximum atomic E-state index is 10.2. The second-order valence-electron chi connectivity index (χ2n) is 3.71. The highest BCUT2D eigenvalue weighted by Gasteiger charge is 2.18. The second-order valence-corrected chi connectivity index (χ2v) is 3.71. The number of ether oxygens (including phenoxy) is 1. The summed E-state index contributed by atoms with van der Waals surface area (Å²) < 4.78 is 4.69. The Balaban J connectivity index is 2.42. The molecule has 0 bridgehead atoms. The highest BCUT2D eigenvalue weighted by molar-refractivity contribution is 5.57. The molecule has 0 fully saturated rings. The van der Waals surface area contributed by atoms with Gasteiger partial charge in [-0.2, -0.15) is 0 Å². The van der Waals surface area contributed by atoms with Gasteiger partial charge in [-0.3, -0.25) is 0 Å². The van der Waals surface area contributed by atoms with E-state index in [4.69, 9.17) is 9.84 Å². The van der Waals surface area contributed by atoms with E-state index in [1.165, 1.54) is 5.57 Å². The van der Waals surface area contributed by atoms with Crippen molar-refractivity contribution in [1.29, 1.82) is 0 Å². The van der Waals surface area contributed by atoms with Crippen LogP contribution in [0.25, 0.3) is 0 Å². The van der Waals surface area contributed by atoms with Gasteiger partial charge in [-0.1, -0.05) is 25.5 Å². The Morgan fingerprint density at radius 3 is 2.77 bits per heavy atom. The van der Waals surface area contributed by atoms with Crippen LogP contribution in [0.4, 0.5) is 4.79 Å². The van der Waals surface area contributed by atoms with E-state index in [1.807, 2.05) is 0 Å². The molecule has 13 heavy (non-hydrogen) atoms. The zero-order valence-electron chi connectivity index (χ0n) is 8.12. The minimum absolute atomic E-state index is 0.125. The molecule has 0 spiro atoms. The van der Waals surface area contributed by atoms with Crippen molar-refractivity contribution in [2.75, 3.05) is 0 Å². The van der Waals surface area contributed by atoms with Crippen molar-refractivity contribution >= 4 is 6.16 Å². The van der Waals surface area contributed by atoms with E-state index in [-0.39, 0.29) is 6.10 Å². The summed E-state index contributed by atoms with van der Waals surface area (Å²) in [6.45, 7) is 4.31. The molecule has 1 unspecified atom stereocenters. The van der Waals surface area contributed by atoms with Crippen LogP contribution in [0.3, 0.4) is 0 Å². The molecule has 1 atom stereocenters. The lowest BCUT2D eigenvalue weighted by Gasteiger charge is -2.22. The Hall–Kier alpha value is -0.990. The lowest BCUT2D eigenvalue weighted by atomic mass is 9.90. The van der Waals surface area contributed by atoms with Gasteiger partial charge < -0.3 is 9.84 Å². The van der Waals surface area contributed by atoms with Crippen LogP contribution in [-0.4, -0.2) is 17.4 Å². The van der Waals surface area contributed by atoms with Gasteiger partial charge >= 0.3 is 6.16 Å². The predicted molar refractivity (Wildman–Crippen MR) is 49.7 cm³/mol. The molecule has 3 nitrogen and oxygen atoms in total. The van der Waals surface area contributed by atoms with Crippen molar-refractivity contribution in [2.45, 2.75) is 39.2 Å². The van der Waals surface area contributed by atoms with Crippen molar-refractivity contribution in [3.63, 3.8) is 0 Å². The Kier molecular flexibility index (Phi) is 3.34. The van der Waals surface area contributed by atoms with Gasteiger partial charge in [0.25, 0.3) is 0 Å². The molecule has 1 aliphatic carbocycles. The maximum Gasteiger partial charge on any atom is 0.506 e. The molecule has 0 heterocycles. The first-order chi connectivity index (χ1) is 6.09. The van der Waals surface area contributed by atoms with Gasteiger partial charge in [-0.15, -0.1) is 0 Å². The fourth-order valence-electron chi connectivity index (χ4n) is 1.60. The largest absolute Gasteiger partial charge is 0.506 e. The third-order valence-corrected chi connectivity index (χ3v) is 2.41. The topological polar surface area (TPSA) is 46.5 Å². The van der Waals surface area contributed by atoms with Crippen LogP contribution in [0.2, 0.25) is 0 Å². The fourth-order valence-corrected chi connectivity index (χ4v) is 1.60. The number of hydrogen-bond acceptors (Lipinski definition) is 2. The zero-order chi connectivity index (χ0) is 9.84. The van der Waals surface area contributed by atoms with Gasteiger partial charge in [0, 0.05) is 6.42 Å². The highest BCUT2D eigenvalue weighted by atomic mass is 16.7. The van der Waals surface area contributed by atoms with E-state index in [0.29, 0.717) is 5.92 Å². The van der Waals surface area contributed by atoms with Crippen LogP contribution >= 0.6 is 0 Å². The number of allylic oxidation sites excluding steroid dienone is 1. The monoisotopic (exact) mass is 184 g/mol. The zero-order valence-corrected chi connectivity index (χ0v) is 8.12. The summed E-state index contributed by atoms with van der Waals surface area (Å²) in [4.78, 5) is 10.2. The van der Waals surface area contributed by atoms with Crippen LogP contribution in [0.5, 0.6) is 0 Å². The molecular weight excluding hydrogens is 168 g/mol. The van der Waals surface area contributed by atoms with Gasteiger partial charge in [0.15, 0.2) is 0 Å². The van der Waals surface area contributed by atoms with Crippen molar-refractivity contribution < 1.29 is 14.6 Å². The third kappa shape index (κ3) is 3.09. The summed E-state index contributed by atoms with van der Waals surface area (Å²) in [7, 11) is 0. The molecule has 0 aromatic heterocycles. The van der Waals surface area contributed by atoms with E-state index in [1.54, 1.807) is 0 Å². The molecule has 1 N–H and O–H groups in total. The highest BCUT2D eigenvalue weighted by Crippen LogP contribution is 2.25. The fraction of sp³-hybridized carbons (Fsp3) is 0.700. The number of hydrogen-bond donors (Lipinski definition) is 1. The molecule has 3 heteroatoms. The van der Waals surface area contributed by atoms with Crippen LogP contribution in [0.15, 0.2) is 11.6 Å². The molecular formula is C10H16O3. The minimum atomic E-state index is -1.16. The summed E-state index contributed by atoms with van der Waals surface area (Å²) in [5.41, 5.74) is 1.42. The first kappa shape index (κ1) is 10.1. The smallest absolute Gasteiger partial charge is 0.450 e. The van der Waals surface area contributed by atoms with Crippen molar-refractivity contribution in [1.82, 2.24) is 0 Å². The van der Waals surface area contributed by atoms with Gasteiger partial charge in [-0.05, 0) is 18.8 Å². The first-order valence-electron chi connectivity index (χ1n) is 4.68. The Labute approximate surface area is 78.4 Å². The summed E-state index contributed by atoms with van der Waals surface area (Å²) >= 11 is 0. The normalized spacial score (nSPS) is 22.7. The molecule has 0 aromatic rings. The first-order valence-corrected chi connectivity index (χ1v) is 4.68. The number of rotatable bonds is 2. The standard InChI is InChI=1S/C10H16O3/c1-7(2)8-3-5-9(6-4-8)13-10(11)12/h3,7,9H,4-6H2,1-2H3,(H,11,12). The van der Waals surface area contributed by atoms with Gasteiger partial charge in [0.2, 0.25) is 0 Å². The van der Waals surface area contributed by atoms with E-state index in [0.717, 1.165) is 19.3 Å².